The summed E-state index contributed by atoms with van der Waals surface area (Å²) in [6.07, 6.45) is 26.2. The molecule has 5 rings (SSSR count). The van der Waals surface area contributed by atoms with E-state index in [0.29, 0.717) is 6.10 Å². The third-order valence-electron chi connectivity index (χ3n) is 10.6. The van der Waals surface area contributed by atoms with Gasteiger partial charge in [0, 0.05) is 0 Å². The first-order chi connectivity index (χ1) is 16.5. The van der Waals surface area contributed by atoms with Crippen LogP contribution in [0.4, 0.5) is 0 Å². The third kappa shape index (κ3) is 6.04. The summed E-state index contributed by atoms with van der Waals surface area (Å²) in [5, 5.41) is 0. The molecule has 1 aromatic rings. The zero-order chi connectivity index (χ0) is 23.5. The molecule has 1 unspecified atom stereocenters. The SMILES string of the molecule is Cc1c(CC2CCC(CC3CCC(C)CC3)CC2)cc2c(c1C)OC(CC1CCCCC1)CC2. The number of rotatable bonds is 6. The van der Waals surface area contributed by atoms with Crippen LogP contribution in [0.15, 0.2) is 6.07 Å². The van der Waals surface area contributed by atoms with Crippen LogP contribution in [-0.2, 0) is 12.8 Å². The molecule has 1 aromatic carbocycles. The number of ether oxygens (including phenoxy) is 1. The zero-order valence-electron chi connectivity index (χ0n) is 22.7. The quantitative estimate of drug-likeness (QED) is 0.407. The Labute approximate surface area is 210 Å². The van der Waals surface area contributed by atoms with Crippen molar-refractivity contribution in [2.24, 2.45) is 29.6 Å². The van der Waals surface area contributed by atoms with E-state index in [0.717, 1.165) is 29.6 Å². The second-order valence-corrected chi connectivity index (χ2v) is 13.2. The van der Waals surface area contributed by atoms with Crippen LogP contribution in [0, 0.1) is 43.4 Å². The summed E-state index contributed by atoms with van der Waals surface area (Å²) in [4.78, 5) is 0. The van der Waals surface area contributed by atoms with E-state index in [1.807, 2.05) is 0 Å². The van der Waals surface area contributed by atoms with Crippen molar-refractivity contribution < 1.29 is 4.74 Å². The Morgan fingerprint density at radius 3 is 2.00 bits per heavy atom. The van der Waals surface area contributed by atoms with Gasteiger partial charge in [0.25, 0.3) is 0 Å². The number of aryl methyl sites for hydroxylation is 1. The van der Waals surface area contributed by atoms with Crippen LogP contribution in [0.1, 0.15) is 132 Å². The van der Waals surface area contributed by atoms with E-state index in [2.05, 4.69) is 26.8 Å². The molecule has 4 aliphatic rings. The number of hydrogen-bond donors (Lipinski definition) is 0. The molecular weight excluding hydrogens is 412 g/mol. The molecule has 1 nitrogen and oxygen atoms in total. The molecule has 190 valence electrons. The van der Waals surface area contributed by atoms with E-state index in [4.69, 9.17) is 4.74 Å². The van der Waals surface area contributed by atoms with Gasteiger partial charge in [-0.25, -0.2) is 0 Å². The third-order valence-corrected chi connectivity index (χ3v) is 10.6. The van der Waals surface area contributed by atoms with E-state index in [1.165, 1.54) is 138 Å². The summed E-state index contributed by atoms with van der Waals surface area (Å²) in [6, 6.07) is 2.56. The van der Waals surface area contributed by atoms with Gasteiger partial charge in [0.15, 0.2) is 0 Å². The van der Waals surface area contributed by atoms with Gasteiger partial charge in [0.1, 0.15) is 5.75 Å². The van der Waals surface area contributed by atoms with Crippen LogP contribution < -0.4 is 4.74 Å². The van der Waals surface area contributed by atoms with Crippen molar-refractivity contribution in [1.82, 2.24) is 0 Å². The van der Waals surface area contributed by atoms with Gasteiger partial charge in [0.2, 0.25) is 0 Å². The van der Waals surface area contributed by atoms with Gasteiger partial charge in [-0.15, -0.1) is 0 Å². The standard InChI is InChI=1S/C33H52O/c1-23-9-11-27(12-10-23)19-28-13-15-29(16-14-28)20-31-22-30-17-18-32(21-26-7-5-4-6-8-26)34-33(30)25(3)24(31)2/h22-23,26-29,32H,4-21H2,1-3H3. The van der Waals surface area contributed by atoms with Crippen LogP contribution in [0.5, 0.6) is 5.75 Å². The maximum Gasteiger partial charge on any atom is 0.126 e. The van der Waals surface area contributed by atoms with E-state index < -0.39 is 0 Å². The first-order valence-corrected chi connectivity index (χ1v) is 15.3. The highest BCUT2D eigenvalue weighted by Gasteiger charge is 2.29. The summed E-state index contributed by atoms with van der Waals surface area (Å²) in [7, 11) is 0. The van der Waals surface area contributed by atoms with E-state index in [1.54, 1.807) is 5.56 Å². The van der Waals surface area contributed by atoms with E-state index in [-0.39, 0.29) is 0 Å². The summed E-state index contributed by atoms with van der Waals surface area (Å²) in [6.45, 7) is 7.16. The van der Waals surface area contributed by atoms with E-state index in [9.17, 15) is 0 Å². The molecule has 0 N–H and O–H groups in total. The van der Waals surface area contributed by atoms with Gasteiger partial charge in [0.05, 0.1) is 6.10 Å². The Kier molecular flexibility index (Phi) is 8.27. The Balaban J connectivity index is 1.14. The predicted molar refractivity (Wildman–Crippen MR) is 145 cm³/mol. The lowest BCUT2D eigenvalue weighted by atomic mass is 9.72. The van der Waals surface area contributed by atoms with Gasteiger partial charge < -0.3 is 4.74 Å². The smallest absolute Gasteiger partial charge is 0.126 e. The number of fused-ring (bicyclic) bond motifs is 1. The summed E-state index contributed by atoms with van der Waals surface area (Å²) < 4.78 is 6.68. The fourth-order valence-electron chi connectivity index (χ4n) is 8.12. The van der Waals surface area contributed by atoms with Crippen LogP contribution in [0.25, 0.3) is 0 Å². The molecule has 0 amide bonds. The fraction of sp³-hybridized carbons (Fsp3) is 0.818. The first-order valence-electron chi connectivity index (χ1n) is 15.3. The van der Waals surface area contributed by atoms with Crippen molar-refractivity contribution in [1.29, 1.82) is 0 Å². The lowest BCUT2D eigenvalue weighted by molar-refractivity contribution is 0.130. The van der Waals surface area contributed by atoms with Crippen LogP contribution in [0.3, 0.4) is 0 Å². The maximum absolute atomic E-state index is 6.68. The second kappa shape index (κ2) is 11.4. The molecule has 1 heterocycles. The molecule has 3 fully saturated rings. The minimum absolute atomic E-state index is 0.460. The molecule has 34 heavy (non-hydrogen) atoms. The molecule has 1 atom stereocenters. The highest BCUT2D eigenvalue weighted by molar-refractivity contribution is 5.50. The minimum atomic E-state index is 0.460. The minimum Gasteiger partial charge on any atom is -0.490 e. The molecule has 0 spiro atoms. The predicted octanol–water partition coefficient (Wildman–Crippen LogP) is 9.53. The summed E-state index contributed by atoms with van der Waals surface area (Å²) >= 11 is 0. The topological polar surface area (TPSA) is 9.23 Å². The van der Waals surface area contributed by atoms with Gasteiger partial charge in [-0.2, -0.15) is 0 Å². The van der Waals surface area contributed by atoms with Gasteiger partial charge >= 0.3 is 0 Å². The molecule has 3 aliphatic carbocycles. The van der Waals surface area contributed by atoms with Crippen molar-refractivity contribution >= 4 is 0 Å². The summed E-state index contributed by atoms with van der Waals surface area (Å²) in [5.41, 5.74) is 6.12. The van der Waals surface area contributed by atoms with Crippen molar-refractivity contribution in [2.45, 2.75) is 142 Å². The fourth-order valence-corrected chi connectivity index (χ4v) is 8.12. The molecule has 0 radical (unpaired) electrons. The van der Waals surface area contributed by atoms with Crippen molar-refractivity contribution in [3.05, 3.63) is 28.3 Å². The zero-order valence-corrected chi connectivity index (χ0v) is 22.7. The molecular formula is C33H52O. The van der Waals surface area contributed by atoms with Gasteiger partial charge in [-0.05, 0) is 111 Å². The van der Waals surface area contributed by atoms with Crippen molar-refractivity contribution in [3.8, 4) is 5.75 Å². The van der Waals surface area contributed by atoms with Gasteiger partial charge in [-0.3, -0.25) is 0 Å². The number of hydrogen-bond acceptors (Lipinski definition) is 1. The highest BCUT2D eigenvalue weighted by Crippen LogP contribution is 2.41. The van der Waals surface area contributed by atoms with Crippen LogP contribution >= 0.6 is 0 Å². The maximum atomic E-state index is 6.68. The highest BCUT2D eigenvalue weighted by atomic mass is 16.5. The average molecular weight is 465 g/mol. The van der Waals surface area contributed by atoms with Crippen LogP contribution in [0.2, 0.25) is 0 Å². The average Bonchev–Trinajstić information content (AvgIpc) is 2.86. The largest absolute Gasteiger partial charge is 0.490 e. The van der Waals surface area contributed by atoms with Crippen molar-refractivity contribution in [3.63, 3.8) is 0 Å². The Bertz CT molecular complexity index is 787. The molecule has 1 aliphatic heterocycles. The van der Waals surface area contributed by atoms with E-state index >= 15 is 0 Å². The van der Waals surface area contributed by atoms with Crippen LogP contribution in [-0.4, -0.2) is 6.10 Å². The lowest BCUT2D eigenvalue weighted by Crippen LogP contribution is -2.27. The lowest BCUT2D eigenvalue weighted by Gasteiger charge is -2.34. The molecule has 1 heteroatoms. The first kappa shape index (κ1) is 24.7. The Hall–Kier alpha value is -0.980. The second-order valence-electron chi connectivity index (χ2n) is 13.2. The molecule has 3 saturated carbocycles. The monoisotopic (exact) mass is 464 g/mol. The normalized spacial score (nSPS) is 32.7. The summed E-state index contributed by atoms with van der Waals surface area (Å²) in [5.74, 6) is 6.14. The van der Waals surface area contributed by atoms with Gasteiger partial charge in [-0.1, -0.05) is 83.6 Å². The van der Waals surface area contributed by atoms with Crippen molar-refractivity contribution in [2.75, 3.05) is 0 Å². The Morgan fingerprint density at radius 2 is 1.29 bits per heavy atom. The number of benzene rings is 1. The molecule has 0 saturated heterocycles. The Morgan fingerprint density at radius 1 is 0.676 bits per heavy atom. The molecule has 0 bridgehead atoms. The molecule has 0 aromatic heterocycles.